The van der Waals surface area contributed by atoms with Gasteiger partial charge in [0.05, 0.1) is 0 Å². The van der Waals surface area contributed by atoms with Crippen molar-refractivity contribution in [2.24, 2.45) is 0 Å². The molecule has 6 heteroatoms. The largest absolute Gasteiger partial charge is 0.462 e. The first kappa shape index (κ1) is 78.8. The second-order valence-corrected chi connectivity index (χ2v) is 23.1. The zero-order valence-corrected chi connectivity index (χ0v) is 54.4. The van der Waals surface area contributed by atoms with Crippen molar-refractivity contribution in [3.63, 3.8) is 0 Å². The fourth-order valence-electron chi connectivity index (χ4n) is 9.68. The third kappa shape index (κ3) is 68.5. The summed E-state index contributed by atoms with van der Waals surface area (Å²) in [6.45, 7) is 6.51. The number of hydrogen-bond acceptors (Lipinski definition) is 6. The van der Waals surface area contributed by atoms with Gasteiger partial charge in [-0.05, 0) is 135 Å². The van der Waals surface area contributed by atoms with Gasteiger partial charge in [-0.25, -0.2) is 0 Å². The van der Waals surface area contributed by atoms with Crippen molar-refractivity contribution >= 4 is 17.9 Å². The van der Waals surface area contributed by atoms with Crippen molar-refractivity contribution in [1.29, 1.82) is 0 Å². The van der Waals surface area contributed by atoms with Crippen LogP contribution in [0.1, 0.15) is 329 Å². The predicted octanol–water partition coefficient (Wildman–Crippen LogP) is 24.3. The molecule has 474 valence electrons. The molecule has 0 fully saturated rings. The van der Waals surface area contributed by atoms with E-state index in [1.807, 2.05) is 0 Å². The Morgan fingerprint density at radius 3 is 0.747 bits per heavy atom. The molecule has 0 aliphatic rings. The zero-order chi connectivity index (χ0) is 59.9. The van der Waals surface area contributed by atoms with E-state index in [2.05, 4.69) is 142 Å². The van der Waals surface area contributed by atoms with E-state index in [4.69, 9.17) is 14.2 Å². The minimum absolute atomic E-state index is 0.0898. The third-order valence-corrected chi connectivity index (χ3v) is 14.9. The number of hydrogen-bond donors (Lipinski definition) is 0. The number of esters is 3. The van der Waals surface area contributed by atoms with Gasteiger partial charge in [-0.2, -0.15) is 0 Å². The maximum atomic E-state index is 13.0. The zero-order valence-electron chi connectivity index (χ0n) is 54.4. The van der Waals surface area contributed by atoms with Gasteiger partial charge in [0, 0.05) is 19.3 Å². The van der Waals surface area contributed by atoms with E-state index < -0.39 is 6.10 Å². The number of carbonyl (C=O) groups excluding carboxylic acids is 3. The quantitative estimate of drug-likeness (QED) is 0.0261. The van der Waals surface area contributed by atoms with E-state index in [1.165, 1.54) is 161 Å². The van der Waals surface area contributed by atoms with Gasteiger partial charge in [0.1, 0.15) is 13.2 Å². The minimum Gasteiger partial charge on any atom is -0.462 e. The Bertz CT molecular complexity index is 1700. The number of carbonyl (C=O) groups is 3. The standard InChI is InChI=1S/C77H130O6/c1-4-7-10-13-16-19-22-25-28-30-32-34-36-38-40-42-44-46-49-52-55-58-61-64-67-70-76(79)82-73-74(72-81-75(78)69-66-63-60-57-54-51-48-27-24-21-18-15-12-9-6-3)83-77(80)71-68-65-62-59-56-53-50-47-45-43-41-39-37-35-33-31-29-26-23-20-17-14-11-8-5-2/h7,10,16,19,23,25-28,31-34,37-40,44,46,48,74H,4-6,8-9,11-15,17-18,20-22,24,29-30,35-36,41-43,45,47,49-73H2,1-3H3/b10-7-,19-16-,26-23-,28-25-,33-31-,34-32-,39-37-,40-38-,46-44-,48-27-. The fourth-order valence-corrected chi connectivity index (χ4v) is 9.68. The molecule has 0 spiro atoms. The Morgan fingerprint density at radius 1 is 0.253 bits per heavy atom. The van der Waals surface area contributed by atoms with Crippen LogP contribution in [-0.4, -0.2) is 37.2 Å². The number of rotatable bonds is 63. The van der Waals surface area contributed by atoms with Crippen molar-refractivity contribution in [2.45, 2.75) is 335 Å². The lowest BCUT2D eigenvalue weighted by Gasteiger charge is -2.18. The second-order valence-electron chi connectivity index (χ2n) is 23.1. The summed E-state index contributed by atoms with van der Waals surface area (Å²) >= 11 is 0. The highest BCUT2D eigenvalue weighted by Crippen LogP contribution is 2.16. The average molecular weight is 1150 g/mol. The van der Waals surface area contributed by atoms with Gasteiger partial charge in [-0.3, -0.25) is 14.4 Å². The van der Waals surface area contributed by atoms with Crippen molar-refractivity contribution in [3.8, 4) is 0 Å². The van der Waals surface area contributed by atoms with Crippen molar-refractivity contribution in [3.05, 3.63) is 122 Å². The maximum Gasteiger partial charge on any atom is 0.306 e. The van der Waals surface area contributed by atoms with Crippen LogP contribution in [0, 0.1) is 0 Å². The maximum absolute atomic E-state index is 13.0. The van der Waals surface area contributed by atoms with Crippen molar-refractivity contribution in [1.82, 2.24) is 0 Å². The second kappa shape index (κ2) is 70.3. The first-order chi connectivity index (χ1) is 41.0. The minimum atomic E-state index is -0.795. The molecule has 0 aromatic heterocycles. The van der Waals surface area contributed by atoms with Crippen LogP contribution >= 0.6 is 0 Å². The number of ether oxygens (including phenoxy) is 3. The normalized spacial score (nSPS) is 12.9. The molecule has 0 radical (unpaired) electrons. The molecule has 0 rings (SSSR count). The highest BCUT2D eigenvalue weighted by Gasteiger charge is 2.19. The van der Waals surface area contributed by atoms with E-state index in [-0.39, 0.29) is 31.1 Å². The first-order valence-electron chi connectivity index (χ1n) is 35.0. The van der Waals surface area contributed by atoms with E-state index in [0.29, 0.717) is 19.3 Å². The van der Waals surface area contributed by atoms with Gasteiger partial charge in [0.25, 0.3) is 0 Å². The molecule has 0 aromatic rings. The van der Waals surface area contributed by atoms with Crippen molar-refractivity contribution in [2.75, 3.05) is 13.2 Å². The van der Waals surface area contributed by atoms with Crippen molar-refractivity contribution < 1.29 is 28.6 Å². The molecule has 0 aromatic carbocycles. The average Bonchev–Trinajstić information content (AvgIpc) is 3.49. The van der Waals surface area contributed by atoms with Crippen LogP contribution in [0.25, 0.3) is 0 Å². The summed E-state index contributed by atoms with van der Waals surface area (Å²) < 4.78 is 17.0. The molecule has 6 nitrogen and oxygen atoms in total. The Morgan fingerprint density at radius 2 is 0.470 bits per heavy atom. The highest BCUT2D eigenvalue weighted by atomic mass is 16.6. The lowest BCUT2D eigenvalue weighted by atomic mass is 10.0. The Hall–Kier alpha value is -4.19. The lowest BCUT2D eigenvalue weighted by molar-refractivity contribution is -0.167. The Labute approximate surface area is 513 Å². The van der Waals surface area contributed by atoms with Crippen LogP contribution in [0.2, 0.25) is 0 Å². The first-order valence-corrected chi connectivity index (χ1v) is 35.0. The van der Waals surface area contributed by atoms with Gasteiger partial charge < -0.3 is 14.2 Å². The summed E-state index contributed by atoms with van der Waals surface area (Å²) in [6, 6.07) is 0. The van der Waals surface area contributed by atoms with Crippen LogP contribution in [0.3, 0.4) is 0 Å². The fraction of sp³-hybridized carbons (Fsp3) is 0.701. The summed E-state index contributed by atoms with van der Waals surface area (Å²) in [7, 11) is 0. The van der Waals surface area contributed by atoms with E-state index >= 15 is 0 Å². The molecule has 0 N–H and O–H groups in total. The van der Waals surface area contributed by atoms with Gasteiger partial charge in [-0.15, -0.1) is 0 Å². The van der Waals surface area contributed by atoms with E-state index in [9.17, 15) is 14.4 Å². The summed E-state index contributed by atoms with van der Waals surface area (Å²) in [4.78, 5) is 38.5. The third-order valence-electron chi connectivity index (χ3n) is 14.9. The summed E-state index contributed by atoms with van der Waals surface area (Å²) in [5.41, 5.74) is 0. The predicted molar refractivity (Wildman–Crippen MR) is 362 cm³/mol. The summed E-state index contributed by atoms with van der Waals surface area (Å²) in [5, 5.41) is 0. The van der Waals surface area contributed by atoms with Gasteiger partial charge in [0.15, 0.2) is 6.10 Å². The molecule has 83 heavy (non-hydrogen) atoms. The molecule has 0 amide bonds. The van der Waals surface area contributed by atoms with Crippen LogP contribution in [0.15, 0.2) is 122 Å². The smallest absolute Gasteiger partial charge is 0.306 e. The Kier molecular flexibility index (Phi) is 66.7. The molecule has 0 saturated carbocycles. The van der Waals surface area contributed by atoms with Crippen LogP contribution < -0.4 is 0 Å². The number of allylic oxidation sites excluding steroid dienone is 20. The number of unbranched alkanes of at least 4 members (excludes halogenated alkanes) is 32. The molecule has 0 aliphatic carbocycles. The Balaban J connectivity index is 4.40. The van der Waals surface area contributed by atoms with E-state index in [1.54, 1.807) is 0 Å². The van der Waals surface area contributed by atoms with Crippen LogP contribution in [-0.2, 0) is 28.6 Å². The lowest BCUT2D eigenvalue weighted by Crippen LogP contribution is -2.30. The molecule has 1 atom stereocenters. The van der Waals surface area contributed by atoms with Gasteiger partial charge in [-0.1, -0.05) is 296 Å². The van der Waals surface area contributed by atoms with E-state index in [0.717, 1.165) is 128 Å². The SMILES string of the molecule is CC/C=C\C/C=C\C/C=C\C/C=C\C/C=C\C/C=C\CCCCCCCCC(=O)OCC(COC(=O)CCCCCCC/C=C\CCCCCCCC)OC(=O)CCCCCCCCCCCC/C=C\C/C=C\C/C=C\CCCCCCC. The topological polar surface area (TPSA) is 78.9 Å². The summed E-state index contributed by atoms with van der Waals surface area (Å²) in [5.74, 6) is -0.907. The monoisotopic (exact) mass is 1150 g/mol. The summed E-state index contributed by atoms with van der Waals surface area (Å²) in [6.07, 6.45) is 97.8. The molecule has 1 unspecified atom stereocenters. The van der Waals surface area contributed by atoms with Crippen LogP contribution in [0.5, 0.6) is 0 Å². The highest BCUT2D eigenvalue weighted by molar-refractivity contribution is 5.71. The van der Waals surface area contributed by atoms with Gasteiger partial charge in [0.2, 0.25) is 0 Å². The molecule has 0 aliphatic heterocycles. The molecule has 0 heterocycles. The van der Waals surface area contributed by atoms with Gasteiger partial charge >= 0.3 is 17.9 Å². The molecule has 0 bridgehead atoms. The van der Waals surface area contributed by atoms with Crippen LogP contribution in [0.4, 0.5) is 0 Å². The molecule has 0 saturated heterocycles. The molecular formula is C77H130O6. The molecular weight excluding hydrogens is 1020 g/mol.